The summed E-state index contributed by atoms with van der Waals surface area (Å²) in [7, 11) is 0. The Morgan fingerprint density at radius 3 is 2.54 bits per heavy atom. The van der Waals surface area contributed by atoms with Gasteiger partial charge in [0.15, 0.2) is 0 Å². The van der Waals surface area contributed by atoms with Gasteiger partial charge in [0.25, 0.3) is 0 Å². The van der Waals surface area contributed by atoms with Gasteiger partial charge in [-0.05, 0) is 56.9 Å². The number of hydrogen-bond acceptors (Lipinski definition) is 3. The molecule has 0 bridgehead atoms. The van der Waals surface area contributed by atoms with Crippen molar-refractivity contribution in [1.29, 1.82) is 0 Å². The van der Waals surface area contributed by atoms with E-state index in [-0.39, 0.29) is 12.2 Å². The third-order valence-corrected chi connectivity index (χ3v) is 5.82. The topological polar surface area (TPSA) is 27.7 Å². The monoisotopic (exact) mass is 366 g/mol. The summed E-state index contributed by atoms with van der Waals surface area (Å²) in [6, 6.07) is 0. The molecule has 0 N–H and O–H groups in total. The van der Waals surface area contributed by atoms with Gasteiger partial charge < -0.3 is 14.2 Å². The summed E-state index contributed by atoms with van der Waals surface area (Å²) in [5.41, 5.74) is 0. The Labute approximate surface area is 162 Å². The molecule has 0 aromatic carbocycles. The maximum absolute atomic E-state index is 6.12. The van der Waals surface area contributed by atoms with Crippen LogP contribution < -0.4 is 0 Å². The lowest BCUT2D eigenvalue weighted by atomic mass is 9.86. The third-order valence-electron chi connectivity index (χ3n) is 5.82. The number of allylic oxidation sites excluding steroid dienone is 2. The number of ether oxygens (including phenoxy) is 3. The third kappa shape index (κ3) is 8.73. The quantitative estimate of drug-likeness (QED) is 0.306. The molecule has 1 rings (SSSR count). The van der Waals surface area contributed by atoms with Crippen LogP contribution in [0.5, 0.6) is 0 Å². The van der Waals surface area contributed by atoms with Gasteiger partial charge in [-0.1, -0.05) is 53.2 Å². The van der Waals surface area contributed by atoms with Crippen LogP contribution in [0.2, 0.25) is 0 Å². The minimum atomic E-state index is 0.234. The van der Waals surface area contributed by atoms with Gasteiger partial charge >= 0.3 is 0 Å². The van der Waals surface area contributed by atoms with E-state index in [9.17, 15) is 0 Å². The van der Waals surface area contributed by atoms with Crippen LogP contribution in [-0.2, 0) is 14.2 Å². The molecule has 1 aliphatic heterocycles. The Hall–Kier alpha value is -0.800. The first-order chi connectivity index (χ1) is 12.4. The van der Waals surface area contributed by atoms with Gasteiger partial charge in [0.1, 0.15) is 5.76 Å². The zero-order valence-electron chi connectivity index (χ0n) is 18.0. The van der Waals surface area contributed by atoms with Crippen molar-refractivity contribution in [3.63, 3.8) is 0 Å². The Balaban J connectivity index is 2.18. The van der Waals surface area contributed by atoms with Gasteiger partial charge in [0, 0.05) is 0 Å². The van der Waals surface area contributed by atoms with E-state index >= 15 is 0 Å². The van der Waals surface area contributed by atoms with Crippen molar-refractivity contribution in [2.24, 2.45) is 17.8 Å². The fraction of sp³-hybridized carbons (Fsp3) is 0.826. The van der Waals surface area contributed by atoms with Gasteiger partial charge in [-0.3, -0.25) is 0 Å². The molecule has 1 saturated heterocycles. The molecule has 0 aromatic heterocycles. The van der Waals surface area contributed by atoms with Crippen molar-refractivity contribution >= 4 is 0 Å². The maximum atomic E-state index is 6.12. The van der Waals surface area contributed by atoms with E-state index < -0.39 is 0 Å². The summed E-state index contributed by atoms with van der Waals surface area (Å²) in [6.07, 6.45) is 10.5. The molecule has 1 heterocycles. The molecule has 0 aromatic rings. The van der Waals surface area contributed by atoms with Crippen LogP contribution in [0.15, 0.2) is 24.5 Å². The van der Waals surface area contributed by atoms with Gasteiger partial charge in [0.2, 0.25) is 0 Å². The largest absolute Gasteiger partial charge is 0.494 e. The van der Waals surface area contributed by atoms with E-state index in [4.69, 9.17) is 14.2 Å². The highest BCUT2D eigenvalue weighted by Gasteiger charge is 2.31. The fourth-order valence-electron chi connectivity index (χ4n) is 3.36. The van der Waals surface area contributed by atoms with Crippen molar-refractivity contribution in [2.75, 3.05) is 13.2 Å². The first-order valence-electron chi connectivity index (χ1n) is 10.6. The maximum Gasteiger partial charge on any atom is 0.111 e. The molecular weight excluding hydrogens is 324 g/mol. The molecule has 0 amide bonds. The molecule has 0 spiro atoms. The Bertz CT molecular complexity index is 414. The summed E-state index contributed by atoms with van der Waals surface area (Å²) in [5.74, 6) is 2.61. The van der Waals surface area contributed by atoms with Crippen LogP contribution in [0.3, 0.4) is 0 Å². The Morgan fingerprint density at radius 2 is 1.88 bits per heavy atom. The lowest BCUT2D eigenvalue weighted by molar-refractivity contribution is -0.134. The van der Waals surface area contributed by atoms with Crippen molar-refractivity contribution in [3.05, 3.63) is 24.5 Å². The predicted molar refractivity (Wildman–Crippen MR) is 110 cm³/mol. The molecule has 152 valence electrons. The normalized spacial score (nSPS) is 27.8. The average Bonchev–Trinajstić information content (AvgIpc) is 2.61. The van der Waals surface area contributed by atoms with Crippen molar-refractivity contribution in [1.82, 2.24) is 0 Å². The Kier molecular flexibility index (Phi) is 11.2. The van der Waals surface area contributed by atoms with Gasteiger partial charge in [-0.25, -0.2) is 0 Å². The minimum Gasteiger partial charge on any atom is -0.494 e. The minimum absolute atomic E-state index is 0.234. The summed E-state index contributed by atoms with van der Waals surface area (Å²) in [4.78, 5) is 0. The second-order valence-corrected chi connectivity index (χ2v) is 8.15. The number of rotatable bonds is 12. The summed E-state index contributed by atoms with van der Waals surface area (Å²) >= 11 is 0. The van der Waals surface area contributed by atoms with Crippen LogP contribution in [0, 0.1) is 17.8 Å². The van der Waals surface area contributed by atoms with Crippen LogP contribution >= 0.6 is 0 Å². The summed E-state index contributed by atoms with van der Waals surface area (Å²) in [6.45, 7) is 18.7. The zero-order valence-corrected chi connectivity index (χ0v) is 18.0. The van der Waals surface area contributed by atoms with Crippen LogP contribution in [-0.4, -0.2) is 31.5 Å². The van der Waals surface area contributed by atoms with Gasteiger partial charge in [-0.2, -0.15) is 0 Å². The SMILES string of the molecule is C=C(/C=C/CC[C@@H](C)OC[C@@H]1O[C@@H](C)C(C)C[C@H]1C)OCC(CC)CC. The van der Waals surface area contributed by atoms with Crippen LogP contribution in [0.1, 0.15) is 73.6 Å². The fourth-order valence-corrected chi connectivity index (χ4v) is 3.36. The molecule has 1 fully saturated rings. The lowest BCUT2D eigenvalue weighted by Crippen LogP contribution is -2.40. The zero-order chi connectivity index (χ0) is 19.5. The molecule has 3 heteroatoms. The van der Waals surface area contributed by atoms with Crippen LogP contribution in [0.25, 0.3) is 0 Å². The van der Waals surface area contributed by atoms with E-state index in [2.05, 4.69) is 54.2 Å². The Morgan fingerprint density at radius 1 is 1.19 bits per heavy atom. The van der Waals surface area contributed by atoms with E-state index in [1.807, 2.05) is 6.08 Å². The van der Waals surface area contributed by atoms with E-state index in [0.717, 1.165) is 38.0 Å². The van der Waals surface area contributed by atoms with E-state index in [1.54, 1.807) is 0 Å². The highest BCUT2D eigenvalue weighted by Crippen LogP contribution is 2.29. The average molecular weight is 367 g/mol. The first kappa shape index (κ1) is 23.2. The first-order valence-corrected chi connectivity index (χ1v) is 10.6. The molecule has 0 radical (unpaired) electrons. The van der Waals surface area contributed by atoms with Crippen molar-refractivity contribution in [2.45, 2.75) is 92.0 Å². The molecule has 5 atom stereocenters. The molecule has 0 aliphatic carbocycles. The molecule has 26 heavy (non-hydrogen) atoms. The summed E-state index contributed by atoms with van der Waals surface area (Å²) < 4.78 is 17.9. The van der Waals surface area contributed by atoms with Gasteiger partial charge in [-0.15, -0.1) is 0 Å². The van der Waals surface area contributed by atoms with E-state index in [1.165, 1.54) is 6.42 Å². The number of hydrogen-bond donors (Lipinski definition) is 0. The molecule has 3 nitrogen and oxygen atoms in total. The van der Waals surface area contributed by atoms with Crippen LogP contribution in [0.4, 0.5) is 0 Å². The second-order valence-electron chi connectivity index (χ2n) is 8.15. The molecule has 0 saturated carbocycles. The second kappa shape index (κ2) is 12.6. The van der Waals surface area contributed by atoms with E-state index in [0.29, 0.717) is 30.5 Å². The molecule has 1 unspecified atom stereocenters. The van der Waals surface area contributed by atoms with Gasteiger partial charge in [0.05, 0.1) is 31.5 Å². The summed E-state index contributed by atoms with van der Waals surface area (Å²) in [5, 5.41) is 0. The van der Waals surface area contributed by atoms with Crippen molar-refractivity contribution in [3.8, 4) is 0 Å². The lowest BCUT2D eigenvalue weighted by Gasteiger charge is -2.37. The van der Waals surface area contributed by atoms with Crippen molar-refractivity contribution < 1.29 is 14.2 Å². The molecule has 1 aliphatic rings. The standard InChI is InChI=1S/C23H42O3/c1-8-22(9-2)15-24-19(5)12-10-11-13-20(6)25-16-23-18(4)14-17(3)21(7)26-23/h10,12,17-18,20-23H,5,8-9,11,13-16H2,1-4,6-7H3/b12-10+/t17?,18-,20-,21+,23+/m1/s1. The highest BCUT2D eigenvalue weighted by molar-refractivity contribution is 5.07. The highest BCUT2D eigenvalue weighted by atomic mass is 16.5. The predicted octanol–water partition coefficient (Wildman–Crippen LogP) is 6.14. The smallest absolute Gasteiger partial charge is 0.111 e. The molecular formula is C23H42O3.